The van der Waals surface area contributed by atoms with E-state index in [1.165, 1.54) is 9.91 Å². The van der Waals surface area contributed by atoms with Crippen molar-refractivity contribution in [3.8, 4) is 0 Å². The lowest BCUT2D eigenvalue weighted by molar-refractivity contribution is -0.123. The smallest absolute Gasteiger partial charge is 0.263 e. The average Bonchev–Trinajstić information content (AvgIpc) is 3.11. The van der Waals surface area contributed by atoms with Crippen molar-refractivity contribution >= 4 is 29.1 Å². The lowest BCUT2D eigenvalue weighted by atomic mass is 10.1. The molecule has 24 heavy (non-hydrogen) atoms. The van der Waals surface area contributed by atoms with Gasteiger partial charge >= 0.3 is 0 Å². The number of halogens is 1. The Bertz CT molecular complexity index is 839. The minimum absolute atomic E-state index is 0.312. The van der Waals surface area contributed by atoms with Crippen LogP contribution in [0.15, 0.2) is 64.9 Å². The molecule has 0 saturated carbocycles. The molecule has 7 heteroatoms. The SMILES string of the molecule is O=C1C2N=NN(Cc3ccccc3Cl)C2C(=O)N1c1ccccc1. The fraction of sp³-hybridized carbons (Fsp3) is 0.176. The zero-order valence-corrected chi connectivity index (χ0v) is 13.3. The summed E-state index contributed by atoms with van der Waals surface area (Å²) in [4.78, 5) is 26.5. The van der Waals surface area contributed by atoms with Gasteiger partial charge in [-0.1, -0.05) is 53.2 Å². The van der Waals surface area contributed by atoms with Crippen LogP contribution in [0.3, 0.4) is 0 Å². The minimum Gasteiger partial charge on any atom is -0.271 e. The molecule has 4 rings (SSSR count). The maximum absolute atomic E-state index is 12.8. The van der Waals surface area contributed by atoms with Crippen LogP contribution in [0.4, 0.5) is 5.69 Å². The molecule has 6 nitrogen and oxygen atoms in total. The van der Waals surface area contributed by atoms with Crippen LogP contribution in [0.2, 0.25) is 5.02 Å². The summed E-state index contributed by atoms with van der Waals surface area (Å²) in [6.07, 6.45) is 0. The molecule has 0 aromatic heterocycles. The standard InChI is InChI=1S/C17H13ClN4O2/c18-13-9-5-4-6-11(13)10-21-15-14(19-20-21)16(23)22(17(15)24)12-7-2-1-3-8-12/h1-9,14-15H,10H2. The monoisotopic (exact) mass is 340 g/mol. The normalized spacial score (nSPS) is 22.4. The number of para-hydroxylation sites is 1. The number of anilines is 1. The molecule has 2 aromatic carbocycles. The van der Waals surface area contributed by atoms with Crippen LogP contribution >= 0.6 is 11.6 Å². The number of amides is 2. The van der Waals surface area contributed by atoms with E-state index in [9.17, 15) is 9.59 Å². The van der Waals surface area contributed by atoms with E-state index in [0.717, 1.165) is 5.56 Å². The summed E-state index contributed by atoms with van der Waals surface area (Å²) in [5.41, 5.74) is 1.38. The molecule has 2 aliphatic heterocycles. The van der Waals surface area contributed by atoms with Gasteiger partial charge in [-0.15, -0.1) is 0 Å². The molecule has 1 saturated heterocycles. The van der Waals surface area contributed by atoms with Gasteiger partial charge in [0.05, 0.1) is 12.2 Å². The number of carbonyl (C=O) groups is 2. The van der Waals surface area contributed by atoms with Crippen molar-refractivity contribution in [3.63, 3.8) is 0 Å². The molecule has 2 aromatic rings. The summed E-state index contributed by atoms with van der Waals surface area (Å²) in [5.74, 6) is -0.658. The highest BCUT2D eigenvalue weighted by molar-refractivity contribution is 6.31. The Morgan fingerprint density at radius 1 is 0.958 bits per heavy atom. The predicted octanol–water partition coefficient (Wildman–Crippen LogP) is 2.83. The van der Waals surface area contributed by atoms with Gasteiger partial charge in [0, 0.05) is 5.02 Å². The van der Waals surface area contributed by atoms with E-state index in [1.54, 1.807) is 30.3 Å². The molecule has 1 fully saturated rings. The number of hydrogen-bond donors (Lipinski definition) is 0. The number of rotatable bonds is 3. The fourth-order valence-corrected chi connectivity index (χ4v) is 3.18. The second-order valence-electron chi connectivity index (χ2n) is 5.63. The quantitative estimate of drug-likeness (QED) is 0.807. The molecule has 120 valence electrons. The van der Waals surface area contributed by atoms with Crippen LogP contribution < -0.4 is 4.90 Å². The lowest BCUT2D eigenvalue weighted by Gasteiger charge is -2.21. The van der Waals surface area contributed by atoms with E-state index in [1.807, 2.05) is 24.3 Å². The first-order valence-corrected chi connectivity index (χ1v) is 7.88. The molecule has 0 aliphatic carbocycles. The molecule has 0 N–H and O–H groups in total. The predicted molar refractivity (Wildman–Crippen MR) is 88.4 cm³/mol. The third kappa shape index (κ3) is 2.27. The van der Waals surface area contributed by atoms with Crippen LogP contribution in [0.25, 0.3) is 0 Å². The van der Waals surface area contributed by atoms with Crippen molar-refractivity contribution in [2.75, 3.05) is 4.90 Å². The van der Waals surface area contributed by atoms with Crippen molar-refractivity contribution in [2.24, 2.45) is 10.3 Å². The van der Waals surface area contributed by atoms with Crippen LogP contribution in [-0.4, -0.2) is 28.9 Å². The van der Waals surface area contributed by atoms with Gasteiger partial charge in [-0.3, -0.25) is 14.6 Å². The topological polar surface area (TPSA) is 65.3 Å². The van der Waals surface area contributed by atoms with E-state index in [0.29, 0.717) is 17.3 Å². The van der Waals surface area contributed by atoms with Crippen molar-refractivity contribution in [1.82, 2.24) is 5.01 Å². The Balaban J connectivity index is 1.62. The molecule has 2 unspecified atom stereocenters. The Morgan fingerprint density at radius 3 is 2.42 bits per heavy atom. The van der Waals surface area contributed by atoms with Gasteiger partial charge in [0.1, 0.15) is 0 Å². The molecule has 2 aliphatic rings. The number of benzene rings is 2. The first kappa shape index (κ1) is 14.8. The van der Waals surface area contributed by atoms with Gasteiger partial charge in [0.15, 0.2) is 12.1 Å². The molecule has 2 heterocycles. The number of nitrogens with zero attached hydrogens (tertiary/aromatic N) is 4. The third-order valence-corrected chi connectivity index (χ3v) is 4.53. The van der Waals surface area contributed by atoms with Crippen LogP contribution in [0.5, 0.6) is 0 Å². The highest BCUT2D eigenvalue weighted by atomic mass is 35.5. The summed E-state index contributed by atoms with van der Waals surface area (Å²) in [7, 11) is 0. The van der Waals surface area contributed by atoms with E-state index in [-0.39, 0.29) is 11.8 Å². The van der Waals surface area contributed by atoms with Crippen molar-refractivity contribution in [1.29, 1.82) is 0 Å². The maximum Gasteiger partial charge on any atom is 0.263 e. The van der Waals surface area contributed by atoms with Crippen molar-refractivity contribution in [2.45, 2.75) is 18.6 Å². The molecule has 2 atom stereocenters. The second kappa shape index (κ2) is 5.72. The largest absolute Gasteiger partial charge is 0.271 e. The molecule has 2 amide bonds. The van der Waals surface area contributed by atoms with E-state index < -0.39 is 12.1 Å². The Hall–Kier alpha value is -2.73. The zero-order chi connectivity index (χ0) is 16.7. The van der Waals surface area contributed by atoms with Gasteiger partial charge in [-0.2, -0.15) is 5.11 Å². The van der Waals surface area contributed by atoms with Gasteiger partial charge < -0.3 is 0 Å². The molecular formula is C17H13ClN4O2. The Kier molecular flexibility index (Phi) is 3.54. The average molecular weight is 341 g/mol. The van der Waals surface area contributed by atoms with E-state index in [2.05, 4.69) is 10.3 Å². The summed E-state index contributed by atoms with van der Waals surface area (Å²) in [6, 6.07) is 14.7. The van der Waals surface area contributed by atoms with Gasteiger partial charge in [0.2, 0.25) is 0 Å². The molecule has 0 radical (unpaired) electrons. The summed E-state index contributed by atoms with van der Waals surface area (Å²) < 4.78 is 0. The van der Waals surface area contributed by atoms with Crippen LogP contribution in [0, 0.1) is 0 Å². The number of imide groups is 1. The summed E-state index contributed by atoms with van der Waals surface area (Å²) >= 11 is 6.17. The third-order valence-electron chi connectivity index (χ3n) is 4.16. The molecule has 0 bridgehead atoms. The van der Waals surface area contributed by atoms with Crippen molar-refractivity contribution in [3.05, 3.63) is 65.2 Å². The molecule has 0 spiro atoms. The zero-order valence-electron chi connectivity index (χ0n) is 12.5. The van der Waals surface area contributed by atoms with Gasteiger partial charge in [-0.25, -0.2) is 4.90 Å². The number of carbonyl (C=O) groups excluding carboxylic acids is 2. The minimum atomic E-state index is -0.791. The highest BCUT2D eigenvalue weighted by Gasteiger charge is 2.54. The first-order chi connectivity index (χ1) is 11.7. The maximum atomic E-state index is 12.8. The molecular weight excluding hydrogens is 328 g/mol. The van der Waals surface area contributed by atoms with Gasteiger partial charge in [-0.05, 0) is 23.8 Å². The number of fused-ring (bicyclic) bond motifs is 1. The van der Waals surface area contributed by atoms with Gasteiger partial charge in [0.25, 0.3) is 11.8 Å². The van der Waals surface area contributed by atoms with E-state index in [4.69, 9.17) is 11.6 Å². The van der Waals surface area contributed by atoms with E-state index >= 15 is 0 Å². The Morgan fingerprint density at radius 2 is 1.67 bits per heavy atom. The fourth-order valence-electron chi connectivity index (χ4n) is 2.99. The number of hydrogen-bond acceptors (Lipinski definition) is 5. The summed E-state index contributed by atoms with van der Waals surface area (Å²) in [5, 5.41) is 10.2. The highest BCUT2D eigenvalue weighted by Crippen LogP contribution is 2.33. The summed E-state index contributed by atoms with van der Waals surface area (Å²) in [6.45, 7) is 0.325. The Labute approximate surface area is 143 Å². The second-order valence-corrected chi connectivity index (χ2v) is 6.04. The van der Waals surface area contributed by atoms with Crippen LogP contribution in [0.1, 0.15) is 5.56 Å². The first-order valence-electron chi connectivity index (χ1n) is 7.50. The van der Waals surface area contributed by atoms with Crippen molar-refractivity contribution < 1.29 is 9.59 Å². The lowest BCUT2D eigenvalue weighted by Crippen LogP contribution is -2.39. The van der Waals surface area contributed by atoms with Crippen LogP contribution in [-0.2, 0) is 16.1 Å².